The number of thiazole rings is 1. The van der Waals surface area contributed by atoms with Crippen molar-refractivity contribution in [1.29, 1.82) is 0 Å². The van der Waals surface area contributed by atoms with Crippen LogP contribution in [0.5, 0.6) is 0 Å². The molecule has 2 aromatic carbocycles. The highest BCUT2D eigenvalue weighted by Gasteiger charge is 2.18. The predicted molar refractivity (Wildman–Crippen MR) is 87.9 cm³/mol. The zero-order valence-corrected chi connectivity index (χ0v) is 15.6. The highest BCUT2D eigenvalue weighted by atomic mass is 79.9. The minimum Gasteiger partial charge on any atom is -1.00 e. The van der Waals surface area contributed by atoms with E-state index in [1.807, 2.05) is 11.3 Å². The molecule has 4 heteroatoms. The summed E-state index contributed by atoms with van der Waals surface area (Å²) in [5, 5.41) is 3.61. The van der Waals surface area contributed by atoms with E-state index in [1.54, 1.807) is 0 Å². The fraction of sp³-hybridized carbons (Fsp3) is 0.118. The summed E-state index contributed by atoms with van der Waals surface area (Å²) in [7, 11) is 2.14. The van der Waals surface area contributed by atoms with Crippen LogP contribution in [0.1, 0.15) is 10.6 Å². The molecule has 0 fully saturated rings. The fourth-order valence-electron chi connectivity index (χ4n) is 2.23. The van der Waals surface area contributed by atoms with Gasteiger partial charge in [-0.25, -0.2) is 0 Å². The van der Waals surface area contributed by atoms with Crippen molar-refractivity contribution in [3.63, 3.8) is 0 Å². The van der Waals surface area contributed by atoms with Gasteiger partial charge in [-0.15, -0.1) is 0 Å². The van der Waals surface area contributed by atoms with E-state index in [4.69, 9.17) is 0 Å². The molecule has 1 aromatic heterocycles. The highest BCUT2D eigenvalue weighted by molar-refractivity contribution is 9.10. The van der Waals surface area contributed by atoms with E-state index in [0.717, 1.165) is 10.9 Å². The van der Waals surface area contributed by atoms with Gasteiger partial charge in [0.15, 0.2) is 0 Å². The Morgan fingerprint density at radius 1 is 1.00 bits per heavy atom. The third-order valence-corrected chi connectivity index (χ3v) is 4.94. The summed E-state index contributed by atoms with van der Waals surface area (Å²) in [6.45, 7) is 0. The smallest absolute Gasteiger partial charge is 0.241 e. The molecule has 0 unspecified atom stereocenters. The van der Waals surface area contributed by atoms with Gasteiger partial charge in [-0.3, -0.25) is 0 Å². The second-order valence-electron chi connectivity index (χ2n) is 4.74. The van der Waals surface area contributed by atoms with Gasteiger partial charge in [0, 0.05) is 10.0 Å². The highest BCUT2D eigenvalue weighted by Crippen LogP contribution is 2.23. The molecule has 0 N–H and O–H groups in total. The second kappa shape index (κ2) is 7.34. The van der Waals surface area contributed by atoms with Crippen molar-refractivity contribution in [2.45, 2.75) is 6.42 Å². The Balaban J connectivity index is 0.00000161. The molecule has 3 rings (SSSR count). The SMILES string of the molecule is C[n+]1c(-c2ccc(Br)cc2)csc1Cc1ccccc1.[Br-]. The van der Waals surface area contributed by atoms with Gasteiger partial charge in [0.05, 0.1) is 11.8 Å². The standard InChI is InChI=1S/C17H15BrNS.BrH/c1-19-16(14-7-9-15(18)10-8-14)12-20-17(19)11-13-5-3-2-4-6-13;/h2-10,12H,11H2,1H3;1H/q+1;/p-1. The van der Waals surface area contributed by atoms with Crippen LogP contribution >= 0.6 is 27.3 Å². The normalized spacial score (nSPS) is 10.2. The molecule has 3 aromatic rings. The average Bonchev–Trinajstić information content (AvgIpc) is 2.83. The molecule has 21 heavy (non-hydrogen) atoms. The quantitative estimate of drug-likeness (QED) is 0.562. The molecule has 1 nitrogen and oxygen atoms in total. The first-order valence-corrected chi connectivity index (χ1v) is 8.17. The molecule has 1 heterocycles. The van der Waals surface area contributed by atoms with Crippen LogP contribution in [0.15, 0.2) is 64.5 Å². The Labute approximate surface area is 148 Å². The average molecular weight is 425 g/mol. The Morgan fingerprint density at radius 3 is 2.33 bits per heavy atom. The minimum atomic E-state index is 0. The minimum absolute atomic E-state index is 0. The van der Waals surface area contributed by atoms with Crippen molar-refractivity contribution in [2.75, 3.05) is 0 Å². The van der Waals surface area contributed by atoms with Gasteiger partial charge in [0.1, 0.15) is 7.05 Å². The molecule has 0 saturated heterocycles. The number of nitrogens with zero attached hydrogens (tertiary/aromatic N) is 1. The summed E-state index contributed by atoms with van der Waals surface area (Å²) >= 11 is 5.30. The topological polar surface area (TPSA) is 3.88 Å². The Kier molecular flexibility index (Phi) is 5.73. The first-order valence-electron chi connectivity index (χ1n) is 6.50. The number of hydrogen-bond acceptors (Lipinski definition) is 1. The molecule has 0 bridgehead atoms. The van der Waals surface area contributed by atoms with Gasteiger partial charge >= 0.3 is 0 Å². The van der Waals surface area contributed by atoms with Gasteiger partial charge in [-0.2, -0.15) is 4.57 Å². The van der Waals surface area contributed by atoms with E-state index in [-0.39, 0.29) is 17.0 Å². The summed E-state index contributed by atoms with van der Waals surface area (Å²) in [5.74, 6) is 0. The van der Waals surface area contributed by atoms with E-state index in [2.05, 4.69) is 87.5 Å². The largest absolute Gasteiger partial charge is 1.00 e. The molecular weight excluding hydrogens is 410 g/mol. The maximum Gasteiger partial charge on any atom is 0.241 e. The van der Waals surface area contributed by atoms with Crippen molar-refractivity contribution in [2.24, 2.45) is 7.05 Å². The van der Waals surface area contributed by atoms with Crippen LogP contribution in [-0.2, 0) is 13.5 Å². The van der Waals surface area contributed by atoms with Crippen molar-refractivity contribution < 1.29 is 21.5 Å². The molecule has 0 amide bonds. The van der Waals surface area contributed by atoms with Crippen LogP contribution < -0.4 is 21.5 Å². The third kappa shape index (κ3) is 3.82. The summed E-state index contributed by atoms with van der Waals surface area (Å²) < 4.78 is 3.41. The van der Waals surface area contributed by atoms with Gasteiger partial charge < -0.3 is 17.0 Å². The number of aromatic nitrogens is 1. The third-order valence-electron chi connectivity index (χ3n) is 3.38. The van der Waals surface area contributed by atoms with Crippen LogP contribution in [0.25, 0.3) is 11.3 Å². The zero-order valence-electron chi connectivity index (χ0n) is 11.6. The molecule has 0 spiro atoms. The van der Waals surface area contributed by atoms with E-state index < -0.39 is 0 Å². The van der Waals surface area contributed by atoms with Gasteiger partial charge in [0.2, 0.25) is 10.7 Å². The van der Waals surface area contributed by atoms with Gasteiger partial charge in [-0.05, 0) is 29.8 Å². The lowest BCUT2D eigenvalue weighted by atomic mass is 10.1. The van der Waals surface area contributed by atoms with E-state index in [1.165, 1.54) is 21.8 Å². The van der Waals surface area contributed by atoms with Crippen LogP contribution in [0.2, 0.25) is 0 Å². The van der Waals surface area contributed by atoms with Crippen molar-refractivity contribution in [3.05, 3.63) is 75.0 Å². The number of benzene rings is 2. The monoisotopic (exact) mass is 423 g/mol. The number of rotatable bonds is 3. The molecule has 0 radical (unpaired) electrons. The molecule has 108 valence electrons. The molecule has 0 aliphatic heterocycles. The molecule has 0 saturated carbocycles. The molecule has 0 aliphatic carbocycles. The second-order valence-corrected chi connectivity index (χ2v) is 6.60. The molecular formula is C17H15Br2NS. The van der Waals surface area contributed by atoms with E-state index in [9.17, 15) is 0 Å². The van der Waals surface area contributed by atoms with Crippen LogP contribution in [-0.4, -0.2) is 0 Å². The predicted octanol–water partition coefficient (Wildman–Crippen LogP) is 1.60. The lowest BCUT2D eigenvalue weighted by Crippen LogP contribution is -3.00. The Hall–Kier alpha value is -0.970. The Bertz CT molecular complexity index is 705. The van der Waals surface area contributed by atoms with E-state index >= 15 is 0 Å². The number of halogens is 2. The zero-order chi connectivity index (χ0) is 13.9. The summed E-state index contributed by atoms with van der Waals surface area (Å²) in [6.07, 6.45) is 0.985. The lowest BCUT2D eigenvalue weighted by molar-refractivity contribution is -0.662. The lowest BCUT2D eigenvalue weighted by Gasteiger charge is -1.99. The molecule has 0 atom stereocenters. The van der Waals surface area contributed by atoms with Gasteiger partial charge in [0.25, 0.3) is 0 Å². The van der Waals surface area contributed by atoms with Crippen molar-refractivity contribution in [3.8, 4) is 11.3 Å². The maximum atomic E-state index is 3.48. The van der Waals surface area contributed by atoms with Gasteiger partial charge in [-0.1, -0.05) is 57.6 Å². The van der Waals surface area contributed by atoms with Crippen LogP contribution in [0.4, 0.5) is 0 Å². The molecule has 0 aliphatic rings. The van der Waals surface area contributed by atoms with Crippen molar-refractivity contribution >= 4 is 27.3 Å². The summed E-state index contributed by atoms with van der Waals surface area (Å²) in [6, 6.07) is 19.1. The van der Waals surface area contributed by atoms with E-state index in [0.29, 0.717) is 0 Å². The summed E-state index contributed by atoms with van der Waals surface area (Å²) in [4.78, 5) is 0. The summed E-state index contributed by atoms with van der Waals surface area (Å²) in [5.41, 5.74) is 3.88. The van der Waals surface area contributed by atoms with Crippen molar-refractivity contribution in [1.82, 2.24) is 0 Å². The first kappa shape index (κ1) is 16.4. The van der Waals surface area contributed by atoms with Crippen LogP contribution in [0.3, 0.4) is 0 Å². The number of hydrogen-bond donors (Lipinski definition) is 0. The fourth-order valence-corrected chi connectivity index (χ4v) is 3.54. The first-order chi connectivity index (χ1) is 9.74. The maximum absolute atomic E-state index is 3.48. The van der Waals surface area contributed by atoms with Crippen LogP contribution in [0, 0.1) is 0 Å². The Morgan fingerprint density at radius 2 is 1.67 bits per heavy atom.